The van der Waals surface area contributed by atoms with E-state index in [-0.39, 0.29) is 20.6 Å². The third-order valence-electron chi connectivity index (χ3n) is 2.39. The maximum atomic E-state index is 12.1. The summed E-state index contributed by atoms with van der Waals surface area (Å²) in [4.78, 5) is 10.9. The highest BCUT2D eigenvalue weighted by Crippen LogP contribution is 2.33. The van der Waals surface area contributed by atoms with E-state index in [2.05, 4.69) is 4.72 Å². The summed E-state index contributed by atoms with van der Waals surface area (Å²) in [5, 5.41) is -0.0709. The summed E-state index contributed by atoms with van der Waals surface area (Å²) in [6.45, 7) is 2.67. The van der Waals surface area contributed by atoms with Crippen molar-refractivity contribution in [1.82, 2.24) is 4.72 Å². The van der Waals surface area contributed by atoms with Crippen LogP contribution in [0.25, 0.3) is 0 Å². The van der Waals surface area contributed by atoms with Crippen LogP contribution in [-0.2, 0) is 14.8 Å². The molecule has 6 nitrogen and oxygen atoms in total. The van der Waals surface area contributed by atoms with Crippen molar-refractivity contribution in [3.8, 4) is 0 Å². The molecule has 1 aromatic carbocycles. The Bertz CT molecular complexity index is 629. The smallest absolute Gasteiger partial charge is 0.243 e. The van der Waals surface area contributed by atoms with Gasteiger partial charge in [0.05, 0.1) is 15.7 Å². The summed E-state index contributed by atoms with van der Waals surface area (Å²) < 4.78 is 26.4. The van der Waals surface area contributed by atoms with E-state index in [1.54, 1.807) is 0 Å². The van der Waals surface area contributed by atoms with Crippen molar-refractivity contribution >= 4 is 44.8 Å². The van der Waals surface area contributed by atoms with Gasteiger partial charge in [-0.05, 0) is 26.0 Å². The number of primary amides is 1. The quantitative estimate of drug-likeness (QED) is 0.719. The lowest BCUT2D eigenvalue weighted by atomic mass is 10.1. The molecule has 0 aliphatic rings. The Labute approximate surface area is 121 Å². The molecule has 0 atom stereocenters. The fourth-order valence-corrected chi connectivity index (χ4v) is 3.35. The number of hydrogen-bond donors (Lipinski definition) is 3. The number of anilines is 1. The number of sulfonamides is 1. The minimum atomic E-state index is -4.05. The number of carbonyl (C=O) groups is 1. The van der Waals surface area contributed by atoms with Crippen molar-refractivity contribution in [2.45, 2.75) is 24.3 Å². The van der Waals surface area contributed by atoms with E-state index in [1.807, 2.05) is 0 Å². The Morgan fingerprint density at radius 1 is 1.32 bits per heavy atom. The second-order valence-corrected chi connectivity index (χ2v) is 6.80. The maximum Gasteiger partial charge on any atom is 0.243 e. The molecule has 1 rings (SSSR count). The van der Waals surface area contributed by atoms with Crippen LogP contribution in [0.3, 0.4) is 0 Å². The van der Waals surface area contributed by atoms with Gasteiger partial charge in [-0.2, -0.15) is 4.72 Å². The fraction of sp³-hybridized carbons (Fsp3) is 0.300. The zero-order chi connectivity index (χ0) is 15.0. The number of carbonyl (C=O) groups excluding carboxylic acids is 1. The summed E-state index contributed by atoms with van der Waals surface area (Å²) in [7, 11) is -4.05. The molecule has 0 bridgehead atoms. The van der Waals surface area contributed by atoms with Crippen molar-refractivity contribution in [2.75, 3.05) is 5.73 Å². The molecule has 0 heterocycles. The number of hydrogen-bond acceptors (Lipinski definition) is 4. The molecular formula is C10H13Cl2N3O3S. The average Bonchev–Trinajstić information content (AvgIpc) is 2.23. The van der Waals surface area contributed by atoms with E-state index in [0.29, 0.717) is 0 Å². The highest BCUT2D eigenvalue weighted by Gasteiger charge is 2.32. The molecule has 0 saturated carbocycles. The van der Waals surface area contributed by atoms with Crippen LogP contribution in [0.4, 0.5) is 5.69 Å². The van der Waals surface area contributed by atoms with Crippen LogP contribution < -0.4 is 16.2 Å². The molecule has 0 aliphatic heterocycles. The van der Waals surface area contributed by atoms with Gasteiger partial charge in [0.15, 0.2) is 0 Å². The van der Waals surface area contributed by atoms with Gasteiger partial charge in [0.1, 0.15) is 10.4 Å². The van der Waals surface area contributed by atoms with Crippen LogP contribution in [0.1, 0.15) is 13.8 Å². The highest BCUT2D eigenvalue weighted by molar-refractivity contribution is 7.89. The first-order chi connectivity index (χ1) is 8.49. The third kappa shape index (κ3) is 3.30. The molecule has 0 aromatic heterocycles. The van der Waals surface area contributed by atoms with E-state index in [0.717, 1.165) is 0 Å². The van der Waals surface area contributed by atoms with Gasteiger partial charge in [-0.15, -0.1) is 0 Å². The maximum absolute atomic E-state index is 12.1. The number of benzene rings is 1. The Balaban J connectivity index is 3.30. The average molecular weight is 326 g/mol. The van der Waals surface area contributed by atoms with E-state index >= 15 is 0 Å². The number of nitrogens with two attached hydrogens (primary N) is 2. The van der Waals surface area contributed by atoms with Gasteiger partial charge in [0.25, 0.3) is 0 Å². The molecule has 5 N–H and O–H groups in total. The van der Waals surface area contributed by atoms with Gasteiger partial charge >= 0.3 is 0 Å². The normalized spacial score (nSPS) is 12.4. The predicted molar refractivity (Wildman–Crippen MR) is 74.5 cm³/mol. The molecule has 1 aromatic rings. The standard InChI is InChI=1S/C10H13Cl2N3O3S/c1-10(2,9(14)16)15-19(17,18)6-4-3-5(11)8(13)7(6)12/h3-4,15H,13H2,1-2H3,(H2,14,16). The minimum absolute atomic E-state index is 0.0527. The van der Waals surface area contributed by atoms with Crippen LogP contribution in [0.2, 0.25) is 10.0 Å². The molecule has 0 fully saturated rings. The zero-order valence-electron chi connectivity index (χ0n) is 10.2. The van der Waals surface area contributed by atoms with Crippen LogP contribution >= 0.6 is 23.2 Å². The first-order valence-electron chi connectivity index (χ1n) is 5.06. The molecule has 19 heavy (non-hydrogen) atoms. The Morgan fingerprint density at radius 3 is 2.32 bits per heavy atom. The van der Waals surface area contributed by atoms with Crippen molar-refractivity contribution in [1.29, 1.82) is 0 Å². The second kappa shape index (κ2) is 5.16. The van der Waals surface area contributed by atoms with Gasteiger partial charge in [-0.1, -0.05) is 23.2 Å². The Morgan fingerprint density at radius 2 is 1.84 bits per heavy atom. The summed E-state index contributed by atoms with van der Waals surface area (Å²) in [6.07, 6.45) is 0. The molecule has 0 spiro atoms. The largest absolute Gasteiger partial charge is 0.396 e. The summed E-state index contributed by atoms with van der Waals surface area (Å²) in [5.41, 5.74) is 9.14. The molecule has 0 unspecified atom stereocenters. The molecule has 106 valence electrons. The molecule has 1 amide bonds. The lowest BCUT2D eigenvalue weighted by Gasteiger charge is -2.22. The summed E-state index contributed by atoms with van der Waals surface area (Å²) in [5.74, 6) is -0.825. The first kappa shape index (κ1) is 16.0. The second-order valence-electron chi connectivity index (χ2n) is 4.37. The van der Waals surface area contributed by atoms with Gasteiger partial charge in [0.2, 0.25) is 15.9 Å². The fourth-order valence-electron chi connectivity index (χ4n) is 1.20. The number of halogens is 2. The summed E-state index contributed by atoms with van der Waals surface area (Å²) >= 11 is 11.6. The Kier molecular flexibility index (Phi) is 4.36. The van der Waals surface area contributed by atoms with Crippen molar-refractivity contribution < 1.29 is 13.2 Å². The molecular weight excluding hydrogens is 313 g/mol. The van der Waals surface area contributed by atoms with E-state index < -0.39 is 21.5 Å². The van der Waals surface area contributed by atoms with E-state index in [9.17, 15) is 13.2 Å². The first-order valence-corrected chi connectivity index (χ1v) is 7.30. The summed E-state index contributed by atoms with van der Waals surface area (Å²) in [6, 6.07) is 2.50. The van der Waals surface area contributed by atoms with E-state index in [4.69, 9.17) is 34.7 Å². The number of nitrogen functional groups attached to an aromatic ring is 1. The lowest BCUT2D eigenvalue weighted by Crippen LogP contribution is -2.52. The van der Waals surface area contributed by atoms with Gasteiger partial charge in [-0.3, -0.25) is 4.79 Å². The van der Waals surface area contributed by atoms with Crippen molar-refractivity contribution in [3.05, 3.63) is 22.2 Å². The third-order valence-corrected chi connectivity index (χ3v) is 4.93. The van der Waals surface area contributed by atoms with Gasteiger partial charge in [-0.25, -0.2) is 8.42 Å². The molecule has 0 radical (unpaired) electrons. The van der Waals surface area contributed by atoms with Crippen LogP contribution in [-0.4, -0.2) is 19.9 Å². The Hall–Kier alpha value is -1.02. The molecule has 0 aliphatic carbocycles. The van der Waals surface area contributed by atoms with Gasteiger partial charge < -0.3 is 11.5 Å². The van der Waals surface area contributed by atoms with Crippen molar-refractivity contribution in [3.63, 3.8) is 0 Å². The SMILES string of the molecule is CC(C)(NS(=O)(=O)c1ccc(Cl)c(N)c1Cl)C(N)=O. The van der Waals surface area contributed by atoms with Crippen LogP contribution in [0.5, 0.6) is 0 Å². The number of rotatable bonds is 4. The van der Waals surface area contributed by atoms with Crippen molar-refractivity contribution in [2.24, 2.45) is 5.73 Å². The highest BCUT2D eigenvalue weighted by atomic mass is 35.5. The monoisotopic (exact) mass is 325 g/mol. The molecule has 9 heteroatoms. The minimum Gasteiger partial charge on any atom is -0.396 e. The lowest BCUT2D eigenvalue weighted by molar-refractivity contribution is -0.122. The number of amides is 1. The van der Waals surface area contributed by atoms with Crippen LogP contribution in [0, 0.1) is 0 Å². The number of nitrogens with one attached hydrogen (secondary N) is 1. The van der Waals surface area contributed by atoms with Gasteiger partial charge in [0, 0.05) is 0 Å². The van der Waals surface area contributed by atoms with E-state index in [1.165, 1.54) is 26.0 Å². The molecule has 0 saturated heterocycles. The zero-order valence-corrected chi connectivity index (χ0v) is 12.5. The topological polar surface area (TPSA) is 115 Å². The predicted octanol–water partition coefficient (Wildman–Crippen LogP) is 1.12. The van der Waals surface area contributed by atoms with Crippen LogP contribution in [0.15, 0.2) is 17.0 Å².